The third-order valence-electron chi connectivity index (χ3n) is 2.98. The summed E-state index contributed by atoms with van der Waals surface area (Å²) < 4.78 is 27.6. The summed E-state index contributed by atoms with van der Waals surface area (Å²) in [4.78, 5) is 0. The molecule has 6 nitrogen and oxygen atoms in total. The zero-order valence-electron chi connectivity index (χ0n) is 13.4. The van der Waals surface area contributed by atoms with Crippen molar-refractivity contribution in [2.75, 3.05) is 32.9 Å². The minimum atomic E-state index is -3.48. The van der Waals surface area contributed by atoms with Crippen LogP contribution >= 0.6 is 7.82 Å². The molecule has 4 N–H and O–H groups in total. The molecule has 0 rings (SSSR count). The summed E-state index contributed by atoms with van der Waals surface area (Å²) in [5, 5.41) is 0. The first kappa shape index (κ1) is 21.0. The molecule has 0 atom stereocenters. The number of rotatable bonds is 16. The van der Waals surface area contributed by atoms with Crippen LogP contribution in [0.25, 0.3) is 0 Å². The van der Waals surface area contributed by atoms with Crippen molar-refractivity contribution in [2.45, 2.75) is 58.3 Å². The van der Waals surface area contributed by atoms with E-state index in [1.807, 2.05) is 0 Å². The van der Waals surface area contributed by atoms with Gasteiger partial charge in [0.2, 0.25) is 0 Å². The van der Waals surface area contributed by atoms with Gasteiger partial charge in [0.1, 0.15) is 0 Å². The van der Waals surface area contributed by atoms with Crippen molar-refractivity contribution in [3.63, 3.8) is 0 Å². The van der Waals surface area contributed by atoms with E-state index in [0.717, 1.165) is 12.8 Å². The molecule has 0 spiro atoms. The van der Waals surface area contributed by atoms with Gasteiger partial charge in [0.05, 0.1) is 19.8 Å². The molecule has 0 heterocycles. The number of phosphoric acid groups is 1. The van der Waals surface area contributed by atoms with Gasteiger partial charge in [0.25, 0.3) is 0 Å². The topological polar surface area (TPSA) is 96.8 Å². The SMILES string of the molecule is CCCCCCCCCCOP(=O)(OCCN)OCCN. The molecule has 0 saturated heterocycles. The highest BCUT2D eigenvalue weighted by Gasteiger charge is 2.25. The summed E-state index contributed by atoms with van der Waals surface area (Å²) >= 11 is 0. The molecule has 21 heavy (non-hydrogen) atoms. The average Bonchev–Trinajstić information content (AvgIpc) is 2.49. The van der Waals surface area contributed by atoms with Gasteiger partial charge in [-0.15, -0.1) is 0 Å². The predicted molar refractivity (Wildman–Crippen MR) is 86.2 cm³/mol. The fraction of sp³-hybridized carbons (Fsp3) is 1.00. The summed E-state index contributed by atoms with van der Waals surface area (Å²) in [6.07, 6.45) is 9.58. The Morgan fingerprint density at radius 3 is 1.62 bits per heavy atom. The van der Waals surface area contributed by atoms with Crippen LogP contribution in [0.5, 0.6) is 0 Å². The largest absolute Gasteiger partial charge is 0.474 e. The summed E-state index contributed by atoms with van der Waals surface area (Å²) in [6, 6.07) is 0. The van der Waals surface area contributed by atoms with E-state index in [1.54, 1.807) is 0 Å². The molecule has 0 aromatic heterocycles. The Bertz CT molecular complexity index is 255. The van der Waals surface area contributed by atoms with Crippen molar-refractivity contribution in [1.29, 1.82) is 0 Å². The van der Waals surface area contributed by atoms with E-state index in [4.69, 9.17) is 25.0 Å². The van der Waals surface area contributed by atoms with E-state index in [9.17, 15) is 4.57 Å². The molecule has 0 amide bonds. The van der Waals surface area contributed by atoms with Crippen LogP contribution in [0.15, 0.2) is 0 Å². The van der Waals surface area contributed by atoms with Crippen LogP contribution in [0, 0.1) is 0 Å². The van der Waals surface area contributed by atoms with Crippen LogP contribution in [0.2, 0.25) is 0 Å². The van der Waals surface area contributed by atoms with Gasteiger partial charge in [0, 0.05) is 13.1 Å². The van der Waals surface area contributed by atoms with Crippen LogP contribution in [0.4, 0.5) is 0 Å². The van der Waals surface area contributed by atoms with E-state index < -0.39 is 7.82 Å². The second-order valence-electron chi connectivity index (χ2n) is 5.00. The molecule has 0 aromatic carbocycles. The van der Waals surface area contributed by atoms with Crippen LogP contribution in [0.3, 0.4) is 0 Å². The highest BCUT2D eigenvalue weighted by atomic mass is 31.2. The molecular formula is C14H33N2O4P. The van der Waals surface area contributed by atoms with Crippen molar-refractivity contribution in [2.24, 2.45) is 11.5 Å². The Balaban J connectivity index is 3.65. The van der Waals surface area contributed by atoms with E-state index >= 15 is 0 Å². The van der Waals surface area contributed by atoms with E-state index in [0.29, 0.717) is 6.61 Å². The second-order valence-corrected chi connectivity index (χ2v) is 6.67. The number of phosphoric ester groups is 1. The quantitative estimate of drug-likeness (QED) is 0.334. The maximum Gasteiger partial charge on any atom is 0.474 e. The maximum atomic E-state index is 12.2. The minimum absolute atomic E-state index is 0.152. The third-order valence-corrected chi connectivity index (χ3v) is 4.48. The first-order chi connectivity index (χ1) is 10.2. The molecule has 0 aliphatic carbocycles. The highest BCUT2D eigenvalue weighted by Crippen LogP contribution is 2.49. The first-order valence-corrected chi connectivity index (χ1v) is 9.58. The minimum Gasteiger partial charge on any atom is -0.328 e. The lowest BCUT2D eigenvalue weighted by molar-refractivity contribution is 0.116. The molecule has 0 bridgehead atoms. The fourth-order valence-corrected chi connectivity index (χ4v) is 3.09. The normalized spacial score (nSPS) is 12.0. The van der Waals surface area contributed by atoms with Gasteiger partial charge in [0.15, 0.2) is 0 Å². The molecule has 0 aliphatic heterocycles. The third kappa shape index (κ3) is 13.4. The fourth-order valence-electron chi connectivity index (χ4n) is 1.85. The van der Waals surface area contributed by atoms with E-state index in [1.165, 1.54) is 38.5 Å². The summed E-state index contributed by atoms with van der Waals surface area (Å²) in [7, 11) is -3.48. The lowest BCUT2D eigenvalue weighted by atomic mass is 10.1. The van der Waals surface area contributed by atoms with Gasteiger partial charge < -0.3 is 11.5 Å². The molecule has 0 aliphatic rings. The Hall–Kier alpha value is 0.0300. The Kier molecular flexibility index (Phi) is 15.0. The van der Waals surface area contributed by atoms with Crippen molar-refractivity contribution in [3.05, 3.63) is 0 Å². The Labute approximate surface area is 129 Å². The Morgan fingerprint density at radius 1 is 0.714 bits per heavy atom. The van der Waals surface area contributed by atoms with Crippen LogP contribution in [-0.4, -0.2) is 32.9 Å². The van der Waals surface area contributed by atoms with Gasteiger partial charge in [-0.2, -0.15) is 0 Å². The van der Waals surface area contributed by atoms with Gasteiger partial charge in [-0.3, -0.25) is 13.6 Å². The molecule has 128 valence electrons. The Morgan fingerprint density at radius 2 is 1.14 bits per heavy atom. The van der Waals surface area contributed by atoms with Crippen molar-refractivity contribution in [1.82, 2.24) is 0 Å². The molecule has 7 heteroatoms. The molecule has 0 unspecified atom stereocenters. The van der Waals surface area contributed by atoms with Gasteiger partial charge in [-0.05, 0) is 6.42 Å². The van der Waals surface area contributed by atoms with Gasteiger partial charge in [-0.1, -0.05) is 51.9 Å². The van der Waals surface area contributed by atoms with Crippen molar-refractivity contribution < 1.29 is 18.1 Å². The number of hydrogen-bond acceptors (Lipinski definition) is 6. The second kappa shape index (κ2) is 14.9. The standard InChI is InChI=1S/C14H33N2O4P/c1-2-3-4-5-6-7-8-9-12-18-21(17,19-13-10-15)20-14-11-16/h2-16H2,1H3. The van der Waals surface area contributed by atoms with E-state index in [2.05, 4.69) is 6.92 Å². The van der Waals surface area contributed by atoms with Crippen LogP contribution < -0.4 is 11.5 Å². The monoisotopic (exact) mass is 324 g/mol. The zero-order chi connectivity index (χ0) is 15.8. The first-order valence-electron chi connectivity index (χ1n) is 8.12. The number of hydrogen-bond donors (Lipinski definition) is 2. The van der Waals surface area contributed by atoms with E-state index in [-0.39, 0.29) is 26.3 Å². The molecule has 0 fully saturated rings. The van der Waals surface area contributed by atoms with Crippen molar-refractivity contribution >= 4 is 7.82 Å². The smallest absolute Gasteiger partial charge is 0.328 e. The van der Waals surface area contributed by atoms with Gasteiger partial charge >= 0.3 is 7.82 Å². The zero-order valence-corrected chi connectivity index (χ0v) is 14.3. The lowest BCUT2D eigenvalue weighted by Gasteiger charge is -2.17. The summed E-state index contributed by atoms with van der Waals surface area (Å²) in [5.41, 5.74) is 10.7. The number of nitrogens with two attached hydrogens (primary N) is 2. The predicted octanol–water partition coefficient (Wildman–Crippen LogP) is 3.20. The van der Waals surface area contributed by atoms with Gasteiger partial charge in [-0.25, -0.2) is 4.57 Å². The molecule has 0 aromatic rings. The summed E-state index contributed by atoms with van der Waals surface area (Å²) in [5.74, 6) is 0. The van der Waals surface area contributed by atoms with Crippen LogP contribution in [-0.2, 0) is 18.1 Å². The van der Waals surface area contributed by atoms with Crippen LogP contribution in [0.1, 0.15) is 58.3 Å². The average molecular weight is 324 g/mol. The number of unbranched alkanes of at least 4 members (excludes halogenated alkanes) is 7. The molecular weight excluding hydrogens is 291 g/mol. The lowest BCUT2D eigenvalue weighted by Crippen LogP contribution is -2.13. The maximum absolute atomic E-state index is 12.2. The molecule has 0 radical (unpaired) electrons. The summed E-state index contributed by atoms with van der Waals surface area (Å²) in [6.45, 7) is 3.45. The molecule has 0 saturated carbocycles. The highest BCUT2D eigenvalue weighted by molar-refractivity contribution is 7.48. The van der Waals surface area contributed by atoms with Crippen molar-refractivity contribution in [3.8, 4) is 0 Å².